The van der Waals surface area contributed by atoms with E-state index in [-0.39, 0.29) is 17.5 Å². The number of rotatable bonds is 3. The van der Waals surface area contributed by atoms with Crippen molar-refractivity contribution in [3.8, 4) is 17.0 Å². The molecule has 1 aliphatic heterocycles. The van der Waals surface area contributed by atoms with E-state index in [2.05, 4.69) is 31.2 Å². The number of carbonyl (C=O) groups is 1. The molecular weight excluding hydrogens is 446 g/mol. The maximum absolute atomic E-state index is 12.8. The molecule has 146 valence electrons. The molecule has 3 N–H and O–H groups in total. The third kappa shape index (κ3) is 2.73. The van der Waals surface area contributed by atoms with Crippen molar-refractivity contribution in [2.24, 2.45) is 5.92 Å². The molecule has 0 unspecified atom stereocenters. The molecule has 3 saturated carbocycles. The second-order valence-electron chi connectivity index (χ2n) is 7.87. The van der Waals surface area contributed by atoms with Crippen LogP contribution in [0.3, 0.4) is 0 Å². The average molecular weight is 465 g/mol. The Morgan fingerprint density at radius 3 is 2.75 bits per heavy atom. The van der Waals surface area contributed by atoms with Crippen molar-refractivity contribution in [2.75, 3.05) is 12.8 Å². The lowest BCUT2D eigenvalue weighted by Gasteiger charge is -2.61. The van der Waals surface area contributed by atoms with Gasteiger partial charge in [-0.25, -0.2) is 14.8 Å². The molecule has 3 fully saturated rings. The molecule has 1 aromatic carbocycles. The summed E-state index contributed by atoms with van der Waals surface area (Å²) < 4.78 is 6.15. The molecule has 9 heteroatoms. The molecule has 2 bridgehead atoms. The first kappa shape index (κ1) is 18.0. The monoisotopic (exact) mass is 463 g/mol. The molecule has 2 heterocycles. The minimum atomic E-state index is -0.0554. The lowest BCUT2D eigenvalue weighted by molar-refractivity contribution is -0.0434. The van der Waals surface area contributed by atoms with Gasteiger partial charge in [-0.3, -0.25) is 0 Å². The van der Waals surface area contributed by atoms with Crippen LogP contribution < -0.4 is 15.8 Å². The van der Waals surface area contributed by atoms with Crippen LogP contribution in [0.1, 0.15) is 30.5 Å². The molecule has 6 rings (SSSR count). The fourth-order valence-electron chi connectivity index (χ4n) is 4.44. The molecule has 0 radical (unpaired) electrons. The van der Waals surface area contributed by atoms with Crippen LogP contribution in [-0.2, 0) is 13.1 Å². The first-order valence-electron chi connectivity index (χ1n) is 9.13. The van der Waals surface area contributed by atoms with Gasteiger partial charge in [0.15, 0.2) is 0 Å². The van der Waals surface area contributed by atoms with Crippen LogP contribution in [-0.4, -0.2) is 33.5 Å². The number of nitrogens with two attached hydrogens (primary N) is 1. The summed E-state index contributed by atoms with van der Waals surface area (Å²) in [6, 6.07) is 3.53. The third-order valence-electron chi connectivity index (χ3n) is 5.99. The van der Waals surface area contributed by atoms with Crippen molar-refractivity contribution >= 4 is 39.5 Å². The average Bonchev–Trinajstić information content (AvgIpc) is 3.00. The molecule has 28 heavy (non-hydrogen) atoms. The zero-order valence-corrected chi connectivity index (χ0v) is 17.6. The van der Waals surface area contributed by atoms with Crippen LogP contribution in [0.2, 0.25) is 5.02 Å². The van der Waals surface area contributed by atoms with Crippen LogP contribution in [0.5, 0.6) is 5.75 Å². The molecule has 4 aliphatic rings. The van der Waals surface area contributed by atoms with Crippen molar-refractivity contribution in [3.05, 3.63) is 32.9 Å². The summed E-state index contributed by atoms with van der Waals surface area (Å²) in [6.07, 6.45) is 3.31. The highest BCUT2D eigenvalue weighted by Crippen LogP contribution is 2.57. The Morgan fingerprint density at radius 2 is 2.11 bits per heavy atom. The zero-order valence-electron chi connectivity index (χ0n) is 15.3. The molecule has 1 aromatic heterocycles. The van der Waals surface area contributed by atoms with E-state index in [1.54, 1.807) is 18.1 Å². The molecule has 7 nitrogen and oxygen atoms in total. The van der Waals surface area contributed by atoms with E-state index in [0.717, 1.165) is 40.9 Å². The van der Waals surface area contributed by atoms with Gasteiger partial charge >= 0.3 is 6.03 Å². The van der Waals surface area contributed by atoms with Crippen molar-refractivity contribution in [1.29, 1.82) is 0 Å². The number of hydrogen-bond acceptors (Lipinski definition) is 5. The number of nitrogens with zero attached hydrogens (tertiary/aromatic N) is 3. The number of hydrogen-bond donors (Lipinski definition) is 2. The maximum Gasteiger partial charge on any atom is 0.318 e. The minimum Gasteiger partial charge on any atom is -0.496 e. The number of nitrogen functional groups attached to an aromatic ring is 1. The normalized spacial score (nSPS) is 24.2. The van der Waals surface area contributed by atoms with E-state index < -0.39 is 0 Å². The largest absolute Gasteiger partial charge is 0.496 e. The lowest BCUT2D eigenvalue weighted by atomic mass is 9.50. The van der Waals surface area contributed by atoms with Gasteiger partial charge in [0.2, 0.25) is 5.95 Å². The van der Waals surface area contributed by atoms with E-state index >= 15 is 0 Å². The highest BCUT2D eigenvalue weighted by Gasteiger charge is 2.57. The van der Waals surface area contributed by atoms with Gasteiger partial charge in [0.1, 0.15) is 5.75 Å². The van der Waals surface area contributed by atoms with Gasteiger partial charge < -0.3 is 20.7 Å². The quantitative estimate of drug-likeness (QED) is 0.722. The first-order valence-corrected chi connectivity index (χ1v) is 10.3. The fraction of sp³-hybridized carbons (Fsp3) is 0.421. The second-order valence-corrected chi connectivity index (χ2v) is 9.13. The van der Waals surface area contributed by atoms with Gasteiger partial charge in [-0.15, -0.1) is 0 Å². The highest BCUT2D eigenvalue weighted by atomic mass is 79.9. The van der Waals surface area contributed by atoms with Crippen LogP contribution in [0.25, 0.3) is 11.3 Å². The van der Waals surface area contributed by atoms with E-state index in [1.807, 2.05) is 6.07 Å². The van der Waals surface area contributed by atoms with E-state index in [9.17, 15) is 4.79 Å². The van der Waals surface area contributed by atoms with E-state index in [4.69, 9.17) is 22.1 Å². The Kier molecular flexibility index (Phi) is 4.00. The fourth-order valence-corrected chi connectivity index (χ4v) is 5.33. The standard InChI is InChI=1S/C19H19BrClN5O2/c1-28-15-2-10(13(21)3-12(15)20)16-11-7-26(8-14(11)23-17(22)24-16)18(27)25-19-4-9(5-19)6-19/h2-3,9H,4-8H2,1H3,(H,25,27)(H2,22,23,24). The maximum atomic E-state index is 12.8. The zero-order chi connectivity index (χ0) is 19.6. The van der Waals surface area contributed by atoms with Gasteiger partial charge in [-0.1, -0.05) is 11.6 Å². The van der Waals surface area contributed by atoms with E-state index in [0.29, 0.717) is 35.1 Å². The number of methoxy groups -OCH3 is 1. The molecule has 3 aliphatic carbocycles. The number of amides is 2. The van der Waals surface area contributed by atoms with Crippen LogP contribution >= 0.6 is 27.5 Å². The van der Waals surface area contributed by atoms with Crippen molar-refractivity contribution in [2.45, 2.75) is 37.9 Å². The first-order chi connectivity index (χ1) is 13.4. The Bertz CT molecular complexity index is 997. The Morgan fingerprint density at radius 1 is 1.36 bits per heavy atom. The number of halogens is 2. The third-order valence-corrected chi connectivity index (χ3v) is 6.93. The number of carbonyl (C=O) groups excluding carboxylic acids is 1. The van der Waals surface area contributed by atoms with Crippen molar-refractivity contribution < 1.29 is 9.53 Å². The summed E-state index contributed by atoms with van der Waals surface area (Å²) >= 11 is 9.92. The summed E-state index contributed by atoms with van der Waals surface area (Å²) in [5, 5.41) is 3.72. The molecule has 0 atom stereocenters. The minimum absolute atomic E-state index is 0.0342. The van der Waals surface area contributed by atoms with Crippen LogP contribution in [0.15, 0.2) is 16.6 Å². The van der Waals surface area contributed by atoms with Gasteiger partial charge in [-0.05, 0) is 53.2 Å². The van der Waals surface area contributed by atoms with Gasteiger partial charge in [0, 0.05) is 16.7 Å². The summed E-state index contributed by atoms with van der Waals surface area (Å²) in [5.41, 5.74) is 8.96. The number of nitrogens with one attached hydrogen (secondary N) is 1. The van der Waals surface area contributed by atoms with Gasteiger partial charge in [0.25, 0.3) is 0 Å². The lowest BCUT2D eigenvalue weighted by Crippen LogP contribution is -2.69. The Labute approximate surface area is 175 Å². The summed E-state index contributed by atoms with van der Waals surface area (Å²) in [5.74, 6) is 1.61. The molecule has 0 spiro atoms. The molecule has 2 amide bonds. The van der Waals surface area contributed by atoms with Gasteiger partial charge in [-0.2, -0.15) is 0 Å². The number of ether oxygens (including phenoxy) is 1. The molecule has 2 aromatic rings. The summed E-state index contributed by atoms with van der Waals surface area (Å²) in [7, 11) is 1.59. The number of anilines is 1. The summed E-state index contributed by atoms with van der Waals surface area (Å²) in [4.78, 5) is 23.3. The topological polar surface area (TPSA) is 93.4 Å². The Balaban J connectivity index is 1.48. The molecule has 0 saturated heterocycles. The smallest absolute Gasteiger partial charge is 0.318 e. The highest BCUT2D eigenvalue weighted by molar-refractivity contribution is 9.10. The number of aromatic nitrogens is 2. The predicted molar refractivity (Wildman–Crippen MR) is 109 cm³/mol. The van der Waals surface area contributed by atoms with Crippen molar-refractivity contribution in [1.82, 2.24) is 20.2 Å². The SMILES string of the molecule is COc1cc(-c2nc(N)nc3c2CN(C(=O)NC24CC(C2)C4)C3)c(Cl)cc1Br. The van der Waals surface area contributed by atoms with Crippen molar-refractivity contribution in [3.63, 3.8) is 0 Å². The number of fused-ring (bicyclic) bond motifs is 1. The predicted octanol–water partition coefficient (Wildman–Crippen LogP) is 3.73. The number of benzene rings is 1. The van der Waals surface area contributed by atoms with Gasteiger partial charge in [0.05, 0.1) is 41.1 Å². The second kappa shape index (κ2) is 6.22. The summed E-state index contributed by atoms with van der Waals surface area (Å²) in [6.45, 7) is 0.830. The van der Waals surface area contributed by atoms with Crippen LogP contribution in [0, 0.1) is 5.92 Å². The molecular formula is C19H19BrClN5O2. The van der Waals surface area contributed by atoms with Crippen LogP contribution in [0.4, 0.5) is 10.7 Å². The Hall–Kier alpha value is -2.06. The van der Waals surface area contributed by atoms with E-state index in [1.165, 1.54) is 0 Å². The number of urea groups is 1.